The Morgan fingerprint density at radius 1 is 0.872 bits per heavy atom. The second-order valence-corrected chi connectivity index (χ2v) is 11.0. The fraction of sp³-hybridized carbons (Fsp3) is 0.194. The molecular formula is C31H26ClFN4OS. The summed E-state index contributed by atoms with van der Waals surface area (Å²) in [5.74, 6) is 1.24. The van der Waals surface area contributed by atoms with Crippen molar-refractivity contribution in [1.82, 2.24) is 19.1 Å². The molecule has 2 heterocycles. The Morgan fingerprint density at radius 2 is 1.56 bits per heavy atom. The van der Waals surface area contributed by atoms with E-state index < -0.39 is 0 Å². The Labute approximate surface area is 235 Å². The van der Waals surface area contributed by atoms with E-state index in [1.807, 2.05) is 36.7 Å². The molecule has 39 heavy (non-hydrogen) atoms. The topological polar surface area (TPSA) is 52.7 Å². The summed E-state index contributed by atoms with van der Waals surface area (Å²) < 4.78 is 17.7. The highest BCUT2D eigenvalue weighted by Crippen LogP contribution is 2.27. The summed E-state index contributed by atoms with van der Waals surface area (Å²) in [6.45, 7) is 1.21. The van der Waals surface area contributed by atoms with Gasteiger partial charge in [-0.15, -0.1) is 0 Å². The number of imidazole rings is 1. The number of fused-ring (bicyclic) bond motifs is 1. The van der Waals surface area contributed by atoms with Gasteiger partial charge in [0.05, 0.1) is 6.54 Å². The van der Waals surface area contributed by atoms with E-state index in [2.05, 4.69) is 43.4 Å². The number of aromatic nitrogens is 4. The largest absolute Gasteiger partial charge is 0.329 e. The Kier molecular flexibility index (Phi) is 7.35. The van der Waals surface area contributed by atoms with E-state index in [-0.39, 0.29) is 11.4 Å². The Balaban J connectivity index is 1.24. The molecule has 0 saturated carbocycles. The zero-order chi connectivity index (χ0) is 26.8. The molecule has 0 bridgehead atoms. The van der Waals surface area contributed by atoms with Gasteiger partial charge in [-0.1, -0.05) is 71.9 Å². The molecule has 8 heteroatoms. The molecule has 0 N–H and O–H groups in total. The molecule has 1 aliphatic rings. The van der Waals surface area contributed by atoms with Gasteiger partial charge in [-0.2, -0.15) is 4.98 Å². The fourth-order valence-electron chi connectivity index (χ4n) is 5.01. The zero-order valence-corrected chi connectivity index (χ0v) is 22.8. The van der Waals surface area contributed by atoms with Crippen LogP contribution in [0.2, 0.25) is 5.02 Å². The van der Waals surface area contributed by atoms with Crippen molar-refractivity contribution in [3.8, 4) is 11.1 Å². The summed E-state index contributed by atoms with van der Waals surface area (Å²) in [4.78, 5) is 21.9. The van der Waals surface area contributed by atoms with Crippen molar-refractivity contribution in [1.29, 1.82) is 0 Å². The number of rotatable bonds is 8. The van der Waals surface area contributed by atoms with Crippen LogP contribution in [0.4, 0.5) is 4.39 Å². The minimum absolute atomic E-state index is 0.135. The molecule has 0 amide bonds. The number of halogens is 2. The van der Waals surface area contributed by atoms with Crippen molar-refractivity contribution in [3.05, 3.63) is 135 Å². The summed E-state index contributed by atoms with van der Waals surface area (Å²) in [6.07, 6.45) is 6.37. The number of benzene rings is 3. The molecule has 0 atom stereocenters. The predicted octanol–water partition coefficient (Wildman–Crippen LogP) is 6.78. The third-order valence-corrected chi connectivity index (χ3v) is 8.37. The number of nitrogens with zero attached hydrogens (tertiary/aromatic N) is 4. The minimum atomic E-state index is -0.261. The summed E-state index contributed by atoms with van der Waals surface area (Å²) >= 11 is 7.53. The van der Waals surface area contributed by atoms with Crippen molar-refractivity contribution >= 4 is 23.4 Å². The first kappa shape index (κ1) is 25.6. The van der Waals surface area contributed by atoms with Gasteiger partial charge in [0.15, 0.2) is 5.16 Å². The number of hydrogen-bond donors (Lipinski definition) is 0. The second kappa shape index (κ2) is 11.2. The van der Waals surface area contributed by atoms with Crippen LogP contribution in [-0.4, -0.2) is 19.1 Å². The van der Waals surface area contributed by atoms with Crippen molar-refractivity contribution in [2.45, 2.75) is 43.3 Å². The van der Waals surface area contributed by atoms with E-state index in [9.17, 15) is 9.18 Å². The average Bonchev–Trinajstić information content (AvgIpc) is 3.61. The third kappa shape index (κ3) is 5.70. The molecule has 5 aromatic rings. The van der Waals surface area contributed by atoms with Gasteiger partial charge in [0.25, 0.3) is 5.56 Å². The molecule has 5 nitrogen and oxygen atoms in total. The van der Waals surface area contributed by atoms with Gasteiger partial charge >= 0.3 is 0 Å². The minimum Gasteiger partial charge on any atom is -0.329 e. The van der Waals surface area contributed by atoms with Gasteiger partial charge in [-0.05, 0) is 65.8 Å². The van der Waals surface area contributed by atoms with Gasteiger partial charge in [0.1, 0.15) is 11.6 Å². The summed E-state index contributed by atoms with van der Waals surface area (Å²) in [7, 11) is 0. The molecule has 0 saturated heterocycles. The molecule has 0 spiro atoms. The Hall–Kier alpha value is -3.68. The van der Waals surface area contributed by atoms with Crippen LogP contribution >= 0.6 is 23.4 Å². The van der Waals surface area contributed by atoms with E-state index in [1.54, 1.807) is 12.1 Å². The SMILES string of the molecule is O=c1nc(SCc2ccc(F)cc2)n(Cc2nccn2Cc2ccc(-c3ccc(Cl)cc3)cc2)c2c1CCC2. The monoisotopic (exact) mass is 556 g/mol. The number of hydrogen-bond acceptors (Lipinski definition) is 4. The smallest absolute Gasteiger partial charge is 0.277 e. The lowest BCUT2D eigenvalue weighted by Gasteiger charge is -2.18. The lowest BCUT2D eigenvalue weighted by molar-refractivity contribution is 0.581. The van der Waals surface area contributed by atoms with Gasteiger partial charge in [0, 0.05) is 41.0 Å². The van der Waals surface area contributed by atoms with E-state index in [0.29, 0.717) is 24.0 Å². The van der Waals surface area contributed by atoms with Crippen molar-refractivity contribution in [3.63, 3.8) is 0 Å². The molecule has 0 radical (unpaired) electrons. The van der Waals surface area contributed by atoms with E-state index in [1.165, 1.54) is 29.5 Å². The molecule has 0 unspecified atom stereocenters. The van der Waals surface area contributed by atoms with Gasteiger partial charge in [-0.3, -0.25) is 4.79 Å². The molecule has 0 fully saturated rings. The van der Waals surface area contributed by atoms with E-state index in [0.717, 1.165) is 58.1 Å². The van der Waals surface area contributed by atoms with Crippen LogP contribution in [0, 0.1) is 5.82 Å². The first-order chi connectivity index (χ1) is 19.0. The summed E-state index contributed by atoms with van der Waals surface area (Å²) in [5, 5.41) is 1.40. The van der Waals surface area contributed by atoms with Crippen LogP contribution in [-0.2, 0) is 31.7 Å². The average molecular weight is 557 g/mol. The fourth-order valence-corrected chi connectivity index (χ4v) is 6.10. The highest BCUT2D eigenvalue weighted by atomic mass is 35.5. The molecular weight excluding hydrogens is 531 g/mol. The van der Waals surface area contributed by atoms with Gasteiger partial charge in [0.2, 0.25) is 0 Å². The first-order valence-corrected chi connectivity index (χ1v) is 14.2. The quantitative estimate of drug-likeness (QED) is 0.156. The molecule has 1 aliphatic carbocycles. The lowest BCUT2D eigenvalue weighted by Crippen LogP contribution is -2.23. The Bertz CT molecular complexity index is 1660. The van der Waals surface area contributed by atoms with Crippen LogP contribution in [0.1, 0.15) is 34.6 Å². The van der Waals surface area contributed by atoms with Crippen LogP contribution in [0.3, 0.4) is 0 Å². The lowest BCUT2D eigenvalue weighted by atomic mass is 10.0. The molecule has 2 aromatic heterocycles. The molecule has 6 rings (SSSR count). The summed E-state index contributed by atoms with van der Waals surface area (Å²) in [6, 6.07) is 22.8. The van der Waals surface area contributed by atoms with Gasteiger partial charge in [-0.25, -0.2) is 9.37 Å². The predicted molar refractivity (Wildman–Crippen MR) is 154 cm³/mol. The van der Waals surface area contributed by atoms with E-state index >= 15 is 0 Å². The van der Waals surface area contributed by atoms with Crippen molar-refractivity contribution in [2.24, 2.45) is 0 Å². The van der Waals surface area contributed by atoms with Crippen molar-refractivity contribution in [2.75, 3.05) is 0 Å². The van der Waals surface area contributed by atoms with Crippen LogP contribution in [0.25, 0.3) is 11.1 Å². The zero-order valence-electron chi connectivity index (χ0n) is 21.2. The maximum absolute atomic E-state index is 13.4. The highest BCUT2D eigenvalue weighted by molar-refractivity contribution is 7.98. The molecule has 3 aromatic carbocycles. The number of thioether (sulfide) groups is 1. The van der Waals surface area contributed by atoms with E-state index in [4.69, 9.17) is 11.6 Å². The van der Waals surface area contributed by atoms with Gasteiger partial charge < -0.3 is 9.13 Å². The summed E-state index contributed by atoms with van der Waals surface area (Å²) in [5.41, 5.74) is 6.14. The maximum Gasteiger partial charge on any atom is 0.277 e. The molecule has 196 valence electrons. The standard InChI is InChI=1S/C31H26ClFN4OS/c32-25-12-10-24(11-13-25)23-8-4-21(5-9-23)18-36-17-16-34-29(36)19-37-28-3-1-2-27(28)30(38)35-31(37)39-20-22-6-14-26(33)15-7-22/h4-17H,1-3,18-20H2. The molecule has 0 aliphatic heterocycles. The van der Waals surface area contributed by atoms with Crippen LogP contribution in [0.5, 0.6) is 0 Å². The normalized spacial score (nSPS) is 12.6. The first-order valence-electron chi connectivity index (χ1n) is 12.9. The van der Waals surface area contributed by atoms with Crippen LogP contribution < -0.4 is 5.56 Å². The van der Waals surface area contributed by atoms with Crippen molar-refractivity contribution < 1.29 is 4.39 Å². The highest BCUT2D eigenvalue weighted by Gasteiger charge is 2.23. The second-order valence-electron chi connectivity index (χ2n) is 9.65. The Morgan fingerprint density at radius 3 is 2.31 bits per heavy atom. The third-order valence-electron chi connectivity index (χ3n) is 7.07. The maximum atomic E-state index is 13.4. The van der Waals surface area contributed by atoms with Crippen LogP contribution in [0.15, 0.2) is 95.1 Å².